The molecule has 32 heavy (non-hydrogen) atoms. The number of esters is 1. The molecule has 2 heterocycles. The molecule has 2 atom stereocenters. The van der Waals surface area contributed by atoms with Crippen LogP contribution < -0.4 is 10.7 Å². The van der Waals surface area contributed by atoms with Crippen LogP contribution in [0.2, 0.25) is 0 Å². The number of rotatable bonds is 7. The van der Waals surface area contributed by atoms with Crippen LogP contribution in [0.4, 0.5) is 4.79 Å². The molecule has 0 aromatic carbocycles. The third kappa shape index (κ3) is 8.05. The van der Waals surface area contributed by atoms with E-state index in [9.17, 15) is 14.4 Å². The highest BCUT2D eigenvalue weighted by Crippen LogP contribution is 2.14. The van der Waals surface area contributed by atoms with Crippen molar-refractivity contribution in [1.29, 1.82) is 0 Å². The third-order valence-corrected chi connectivity index (χ3v) is 5.12. The van der Waals surface area contributed by atoms with E-state index < -0.39 is 35.7 Å². The Labute approximate surface area is 196 Å². The molecular weight excluding hydrogens is 484 g/mol. The molecule has 1 aromatic heterocycles. The van der Waals surface area contributed by atoms with E-state index in [1.807, 2.05) is 13.8 Å². The number of hydrogen-bond acceptors (Lipinski definition) is 8. The van der Waals surface area contributed by atoms with E-state index in [4.69, 9.17) is 9.47 Å². The predicted molar refractivity (Wildman–Crippen MR) is 119 cm³/mol. The zero-order valence-electron chi connectivity index (χ0n) is 19.5. The maximum Gasteiger partial charge on any atom is 0.408 e. The minimum absolute atomic E-state index is 0.0537. The molecular formula is C20H33BrN6O5. The number of halogens is 1. The molecule has 1 saturated heterocycles. The molecule has 12 heteroatoms. The van der Waals surface area contributed by atoms with Gasteiger partial charge in [0.25, 0.3) is 5.91 Å². The largest absolute Gasteiger partial charge is 0.464 e. The zero-order chi connectivity index (χ0) is 24.1. The lowest BCUT2D eigenvalue weighted by Gasteiger charge is -2.35. The van der Waals surface area contributed by atoms with Gasteiger partial charge in [0.2, 0.25) is 0 Å². The average Bonchev–Trinajstić information content (AvgIpc) is 3.00. The molecule has 2 amide bonds. The first kappa shape index (κ1) is 26.0. The summed E-state index contributed by atoms with van der Waals surface area (Å²) in [4.78, 5) is 42.3. The van der Waals surface area contributed by atoms with E-state index in [0.717, 1.165) is 0 Å². The Kier molecular flexibility index (Phi) is 9.02. The molecule has 0 unspecified atom stereocenters. The lowest BCUT2D eigenvalue weighted by atomic mass is 10.1. The predicted octanol–water partition coefficient (Wildman–Crippen LogP) is 1.71. The Morgan fingerprint density at radius 2 is 2.00 bits per heavy atom. The number of alkyl carbamates (subject to hydrolysis) is 1. The van der Waals surface area contributed by atoms with E-state index in [2.05, 4.69) is 36.8 Å². The Bertz CT molecular complexity index is 802. The van der Waals surface area contributed by atoms with Crippen LogP contribution in [0.25, 0.3) is 0 Å². The summed E-state index contributed by atoms with van der Waals surface area (Å²) >= 11 is 3.28. The summed E-state index contributed by atoms with van der Waals surface area (Å²) in [6, 6.07) is -1.62. The smallest absolute Gasteiger partial charge is 0.408 e. The van der Waals surface area contributed by atoms with Gasteiger partial charge in [0.1, 0.15) is 17.7 Å². The fourth-order valence-corrected chi connectivity index (χ4v) is 3.27. The van der Waals surface area contributed by atoms with Crippen molar-refractivity contribution in [1.82, 2.24) is 30.5 Å². The Morgan fingerprint density at radius 3 is 2.56 bits per heavy atom. The number of carbonyl (C=O) groups is 3. The molecule has 1 aliphatic heterocycles. The van der Waals surface area contributed by atoms with Crippen molar-refractivity contribution in [3.63, 3.8) is 0 Å². The standard InChI is InChI=1S/C20H33BrN6O5/c1-12(2)11-31-17(29)13-8-7-9-27(24-13)16(28)14(22-19(30)32-20(3,4)5)10-15-23-18(21)26(6)25-15/h12-14,24H,7-11H2,1-6H3,(H,22,30)/t13-,14-/m0/s1. The number of nitrogens with zero attached hydrogens (tertiary/aromatic N) is 4. The summed E-state index contributed by atoms with van der Waals surface area (Å²) in [5.41, 5.74) is 2.22. The van der Waals surface area contributed by atoms with E-state index in [-0.39, 0.29) is 12.3 Å². The van der Waals surface area contributed by atoms with Gasteiger partial charge in [-0.15, -0.1) is 0 Å². The highest BCUT2D eigenvalue weighted by Gasteiger charge is 2.34. The van der Waals surface area contributed by atoms with E-state index in [1.165, 1.54) is 9.69 Å². The lowest BCUT2D eigenvalue weighted by Crippen LogP contribution is -2.60. The Balaban J connectivity index is 2.12. The Morgan fingerprint density at radius 1 is 1.31 bits per heavy atom. The summed E-state index contributed by atoms with van der Waals surface area (Å²) in [5, 5.41) is 8.22. The molecule has 2 N–H and O–H groups in total. The quantitative estimate of drug-likeness (QED) is 0.524. The second kappa shape index (κ2) is 11.1. The van der Waals surface area contributed by atoms with Gasteiger partial charge < -0.3 is 14.8 Å². The van der Waals surface area contributed by atoms with Gasteiger partial charge in [0, 0.05) is 20.0 Å². The number of carbonyl (C=O) groups excluding carboxylic acids is 3. The van der Waals surface area contributed by atoms with Crippen LogP contribution in [0.15, 0.2) is 4.73 Å². The first-order valence-corrected chi connectivity index (χ1v) is 11.4. The number of ether oxygens (including phenoxy) is 2. The summed E-state index contributed by atoms with van der Waals surface area (Å²) in [7, 11) is 1.71. The molecule has 1 fully saturated rings. The maximum atomic E-state index is 13.3. The number of nitrogens with one attached hydrogen (secondary N) is 2. The second-order valence-electron chi connectivity index (χ2n) is 9.16. The number of aromatic nitrogens is 3. The van der Waals surface area contributed by atoms with Gasteiger partial charge in [-0.25, -0.2) is 19.9 Å². The maximum absolute atomic E-state index is 13.3. The fraction of sp³-hybridized carbons (Fsp3) is 0.750. The molecule has 0 saturated carbocycles. The van der Waals surface area contributed by atoms with Crippen LogP contribution >= 0.6 is 15.9 Å². The molecule has 0 radical (unpaired) electrons. The summed E-state index contributed by atoms with van der Waals surface area (Å²) in [6.07, 6.45) is 0.501. The van der Waals surface area contributed by atoms with Crippen molar-refractivity contribution in [2.75, 3.05) is 13.2 Å². The van der Waals surface area contributed by atoms with Crippen LogP contribution in [0.5, 0.6) is 0 Å². The van der Waals surface area contributed by atoms with Crippen LogP contribution in [-0.2, 0) is 32.5 Å². The molecule has 0 spiro atoms. The molecule has 11 nitrogen and oxygen atoms in total. The van der Waals surface area contributed by atoms with Crippen LogP contribution in [-0.4, -0.2) is 68.6 Å². The van der Waals surface area contributed by atoms with Crippen molar-refractivity contribution >= 4 is 33.9 Å². The van der Waals surface area contributed by atoms with Crippen molar-refractivity contribution in [3.05, 3.63) is 10.6 Å². The molecule has 2 rings (SSSR count). The zero-order valence-corrected chi connectivity index (χ0v) is 21.1. The molecule has 0 bridgehead atoms. The van der Waals surface area contributed by atoms with Crippen molar-refractivity contribution in [2.45, 2.75) is 71.6 Å². The average molecular weight is 517 g/mol. The van der Waals surface area contributed by atoms with Gasteiger partial charge in [-0.1, -0.05) is 13.8 Å². The van der Waals surface area contributed by atoms with Gasteiger partial charge >= 0.3 is 12.1 Å². The SMILES string of the molecule is CC(C)COC(=O)[C@@H]1CCCN(C(=O)[C@H](Cc2nc(Br)n(C)n2)NC(=O)OC(C)(C)C)N1. The molecule has 1 aromatic rings. The van der Waals surface area contributed by atoms with Crippen LogP contribution in [0, 0.1) is 5.92 Å². The molecule has 0 aliphatic carbocycles. The number of aryl methyl sites for hydroxylation is 1. The van der Waals surface area contributed by atoms with Crippen LogP contribution in [0.3, 0.4) is 0 Å². The fourth-order valence-electron chi connectivity index (χ4n) is 2.99. The first-order chi connectivity index (χ1) is 14.9. The van der Waals surface area contributed by atoms with Gasteiger partial charge in [0.05, 0.1) is 6.61 Å². The van der Waals surface area contributed by atoms with Crippen molar-refractivity contribution in [2.24, 2.45) is 13.0 Å². The Hall–Kier alpha value is -2.21. The van der Waals surface area contributed by atoms with Crippen molar-refractivity contribution < 1.29 is 23.9 Å². The summed E-state index contributed by atoms with van der Waals surface area (Å²) < 4.78 is 12.6. The topological polar surface area (TPSA) is 128 Å². The normalized spacial score (nSPS) is 17.8. The highest BCUT2D eigenvalue weighted by molar-refractivity contribution is 9.10. The first-order valence-electron chi connectivity index (χ1n) is 10.6. The second-order valence-corrected chi connectivity index (χ2v) is 9.87. The lowest BCUT2D eigenvalue weighted by molar-refractivity contribution is -0.153. The van der Waals surface area contributed by atoms with Gasteiger partial charge in [0.15, 0.2) is 10.6 Å². The minimum Gasteiger partial charge on any atom is -0.464 e. The van der Waals surface area contributed by atoms with E-state index >= 15 is 0 Å². The molecule has 180 valence electrons. The van der Waals surface area contributed by atoms with Gasteiger partial charge in [-0.2, -0.15) is 5.10 Å². The number of amides is 2. The minimum atomic E-state index is -0.989. The highest BCUT2D eigenvalue weighted by atomic mass is 79.9. The van der Waals surface area contributed by atoms with Gasteiger partial charge in [-0.05, 0) is 55.5 Å². The molecule has 1 aliphatic rings. The third-order valence-electron chi connectivity index (χ3n) is 4.43. The summed E-state index contributed by atoms with van der Waals surface area (Å²) in [6.45, 7) is 9.82. The monoisotopic (exact) mass is 516 g/mol. The van der Waals surface area contributed by atoms with Crippen LogP contribution in [0.1, 0.15) is 53.3 Å². The van der Waals surface area contributed by atoms with E-state index in [0.29, 0.717) is 36.6 Å². The van der Waals surface area contributed by atoms with Gasteiger partial charge in [-0.3, -0.25) is 14.6 Å². The van der Waals surface area contributed by atoms with Crippen molar-refractivity contribution in [3.8, 4) is 0 Å². The number of hydrogen-bond donors (Lipinski definition) is 2. The summed E-state index contributed by atoms with van der Waals surface area (Å²) in [5.74, 6) is -0.226. The van der Waals surface area contributed by atoms with E-state index in [1.54, 1.807) is 27.8 Å². The number of hydrazine groups is 1.